The molecule has 1 aromatic rings. The molecule has 1 aliphatic rings. The topological polar surface area (TPSA) is 72.2 Å². The molecule has 21 heavy (non-hydrogen) atoms. The van der Waals surface area contributed by atoms with Gasteiger partial charge in [-0.05, 0) is 42.5 Å². The third-order valence-electron chi connectivity index (χ3n) is 4.43. The molecule has 2 rings (SSSR count). The molecule has 0 amide bonds. The maximum absolute atomic E-state index is 12.8. The van der Waals surface area contributed by atoms with E-state index in [2.05, 4.69) is 18.6 Å². The first-order chi connectivity index (χ1) is 9.86. The second kappa shape index (κ2) is 6.77. The van der Waals surface area contributed by atoms with Crippen molar-refractivity contribution in [1.82, 2.24) is 4.72 Å². The molecule has 0 aromatic carbocycles. The Morgan fingerprint density at radius 3 is 2.67 bits per heavy atom. The van der Waals surface area contributed by atoms with Crippen molar-refractivity contribution in [1.29, 1.82) is 0 Å². The van der Waals surface area contributed by atoms with E-state index in [1.165, 1.54) is 17.8 Å². The number of aryl methyl sites for hydroxylation is 1. The third kappa shape index (κ3) is 3.67. The SMILES string of the molecule is Cc1csc(CN)c1S(=O)(=O)NC1CCCCC1C(C)C. The second-order valence-electron chi connectivity index (χ2n) is 6.30. The Bertz CT molecular complexity index is 578. The van der Waals surface area contributed by atoms with Crippen LogP contribution in [0.4, 0.5) is 0 Å². The van der Waals surface area contributed by atoms with Gasteiger partial charge in [-0.15, -0.1) is 11.3 Å². The lowest BCUT2D eigenvalue weighted by Gasteiger charge is -2.34. The molecule has 0 spiro atoms. The summed E-state index contributed by atoms with van der Waals surface area (Å²) < 4.78 is 28.5. The van der Waals surface area contributed by atoms with Gasteiger partial charge in [-0.3, -0.25) is 0 Å². The molecule has 0 bridgehead atoms. The van der Waals surface area contributed by atoms with Crippen molar-refractivity contribution in [2.24, 2.45) is 17.6 Å². The summed E-state index contributed by atoms with van der Waals surface area (Å²) >= 11 is 1.43. The Balaban J connectivity index is 2.26. The Kier molecular flexibility index (Phi) is 5.46. The van der Waals surface area contributed by atoms with Crippen molar-refractivity contribution in [2.75, 3.05) is 0 Å². The maximum Gasteiger partial charge on any atom is 0.242 e. The van der Waals surface area contributed by atoms with Crippen molar-refractivity contribution in [3.8, 4) is 0 Å². The lowest BCUT2D eigenvalue weighted by atomic mass is 9.78. The predicted molar refractivity (Wildman–Crippen MR) is 87.9 cm³/mol. The zero-order valence-corrected chi connectivity index (χ0v) is 14.7. The highest BCUT2D eigenvalue weighted by Crippen LogP contribution is 2.33. The molecule has 0 saturated heterocycles. The summed E-state index contributed by atoms with van der Waals surface area (Å²) in [4.78, 5) is 1.15. The molecule has 1 aliphatic carbocycles. The summed E-state index contributed by atoms with van der Waals surface area (Å²) in [6.07, 6.45) is 4.34. The van der Waals surface area contributed by atoms with E-state index >= 15 is 0 Å². The first kappa shape index (κ1) is 16.9. The van der Waals surface area contributed by atoms with Crippen molar-refractivity contribution in [3.05, 3.63) is 15.8 Å². The van der Waals surface area contributed by atoms with Crippen LogP contribution >= 0.6 is 11.3 Å². The van der Waals surface area contributed by atoms with Gasteiger partial charge in [0.15, 0.2) is 0 Å². The summed E-state index contributed by atoms with van der Waals surface area (Å²) in [6, 6.07) is 0.0497. The fraction of sp³-hybridized carbons (Fsp3) is 0.733. The predicted octanol–water partition coefficient (Wildman–Crippen LogP) is 3.01. The van der Waals surface area contributed by atoms with E-state index < -0.39 is 10.0 Å². The van der Waals surface area contributed by atoms with Gasteiger partial charge in [0.25, 0.3) is 0 Å². The highest BCUT2D eigenvalue weighted by molar-refractivity contribution is 7.89. The molecule has 2 unspecified atom stereocenters. The van der Waals surface area contributed by atoms with Crippen LogP contribution in [0.25, 0.3) is 0 Å². The smallest absolute Gasteiger partial charge is 0.242 e. The monoisotopic (exact) mass is 330 g/mol. The van der Waals surface area contributed by atoms with E-state index in [9.17, 15) is 8.42 Å². The van der Waals surface area contributed by atoms with Gasteiger partial charge in [-0.2, -0.15) is 0 Å². The van der Waals surface area contributed by atoms with E-state index in [-0.39, 0.29) is 12.6 Å². The van der Waals surface area contributed by atoms with E-state index in [4.69, 9.17) is 5.73 Å². The molecule has 1 heterocycles. The lowest BCUT2D eigenvalue weighted by Crippen LogP contribution is -2.44. The fourth-order valence-electron chi connectivity index (χ4n) is 3.35. The van der Waals surface area contributed by atoms with Gasteiger partial charge in [-0.25, -0.2) is 13.1 Å². The van der Waals surface area contributed by atoms with Gasteiger partial charge in [0.05, 0.1) is 0 Å². The molecule has 1 aromatic heterocycles. The van der Waals surface area contributed by atoms with Crippen LogP contribution in [0.3, 0.4) is 0 Å². The van der Waals surface area contributed by atoms with Crippen LogP contribution in [0.2, 0.25) is 0 Å². The minimum Gasteiger partial charge on any atom is -0.326 e. The first-order valence-corrected chi connectivity index (χ1v) is 10.0. The normalized spacial score (nSPS) is 23.7. The highest BCUT2D eigenvalue weighted by atomic mass is 32.2. The third-order valence-corrected chi connectivity index (χ3v) is 7.40. The number of rotatable bonds is 5. The molecular weight excluding hydrogens is 304 g/mol. The van der Waals surface area contributed by atoms with Gasteiger partial charge >= 0.3 is 0 Å². The molecule has 6 heteroatoms. The second-order valence-corrected chi connectivity index (χ2v) is 8.91. The average molecular weight is 331 g/mol. The number of hydrogen-bond acceptors (Lipinski definition) is 4. The molecule has 0 radical (unpaired) electrons. The molecule has 1 saturated carbocycles. The van der Waals surface area contributed by atoms with E-state index in [0.29, 0.717) is 16.7 Å². The summed E-state index contributed by atoms with van der Waals surface area (Å²) in [5.41, 5.74) is 6.48. The van der Waals surface area contributed by atoms with Gasteiger partial charge in [0.2, 0.25) is 10.0 Å². The average Bonchev–Trinajstić information content (AvgIpc) is 2.80. The van der Waals surface area contributed by atoms with Crippen molar-refractivity contribution < 1.29 is 8.42 Å². The number of thiophene rings is 1. The fourth-order valence-corrected chi connectivity index (χ4v) is 6.38. The lowest BCUT2D eigenvalue weighted by molar-refractivity contribution is 0.226. The zero-order valence-electron chi connectivity index (χ0n) is 13.1. The number of nitrogens with two attached hydrogens (primary N) is 1. The largest absolute Gasteiger partial charge is 0.326 e. The molecule has 2 atom stereocenters. The quantitative estimate of drug-likeness (QED) is 0.871. The van der Waals surface area contributed by atoms with E-state index in [0.717, 1.165) is 29.7 Å². The molecule has 120 valence electrons. The Hall–Kier alpha value is -0.430. The summed E-state index contributed by atoms with van der Waals surface area (Å²) in [5.74, 6) is 0.921. The zero-order chi connectivity index (χ0) is 15.6. The number of nitrogens with one attached hydrogen (secondary N) is 1. The summed E-state index contributed by atoms with van der Waals surface area (Å²) in [6.45, 7) is 6.47. The minimum absolute atomic E-state index is 0.0497. The Labute approximate surface area is 132 Å². The molecule has 1 fully saturated rings. The number of sulfonamides is 1. The first-order valence-electron chi connectivity index (χ1n) is 7.66. The van der Waals surface area contributed by atoms with Crippen molar-refractivity contribution >= 4 is 21.4 Å². The van der Waals surface area contributed by atoms with Crippen LogP contribution < -0.4 is 10.5 Å². The highest BCUT2D eigenvalue weighted by Gasteiger charge is 2.32. The molecule has 4 nitrogen and oxygen atoms in total. The van der Waals surface area contributed by atoms with Crippen LogP contribution in [-0.2, 0) is 16.6 Å². The van der Waals surface area contributed by atoms with Crippen LogP contribution in [0.1, 0.15) is 50.0 Å². The minimum atomic E-state index is -3.48. The van der Waals surface area contributed by atoms with Gasteiger partial charge in [0.1, 0.15) is 4.90 Å². The Morgan fingerprint density at radius 1 is 1.38 bits per heavy atom. The molecule has 0 aliphatic heterocycles. The van der Waals surface area contributed by atoms with Crippen molar-refractivity contribution in [2.45, 2.75) is 63.9 Å². The van der Waals surface area contributed by atoms with Gasteiger partial charge in [-0.1, -0.05) is 26.7 Å². The molecular formula is C15H26N2O2S2. The van der Waals surface area contributed by atoms with E-state index in [1.807, 2.05) is 12.3 Å². The van der Waals surface area contributed by atoms with Crippen LogP contribution in [0.5, 0.6) is 0 Å². The van der Waals surface area contributed by atoms with Gasteiger partial charge in [0, 0.05) is 17.5 Å². The van der Waals surface area contributed by atoms with Crippen LogP contribution in [0.15, 0.2) is 10.3 Å². The van der Waals surface area contributed by atoms with Crippen LogP contribution in [-0.4, -0.2) is 14.5 Å². The standard InChI is InChI=1S/C15H26N2O2S2/c1-10(2)12-6-4-5-7-13(12)17-21(18,19)15-11(3)9-20-14(15)8-16/h9-10,12-13,17H,4-8,16H2,1-3H3. The summed E-state index contributed by atoms with van der Waals surface area (Å²) in [7, 11) is -3.48. The number of hydrogen-bond donors (Lipinski definition) is 2. The Morgan fingerprint density at radius 2 is 2.05 bits per heavy atom. The van der Waals surface area contributed by atoms with E-state index in [1.54, 1.807) is 0 Å². The van der Waals surface area contributed by atoms with Crippen molar-refractivity contribution in [3.63, 3.8) is 0 Å². The maximum atomic E-state index is 12.8. The van der Waals surface area contributed by atoms with Crippen LogP contribution in [0, 0.1) is 18.8 Å². The molecule has 3 N–H and O–H groups in total. The summed E-state index contributed by atoms with van der Waals surface area (Å²) in [5, 5.41) is 1.87. The van der Waals surface area contributed by atoms with Gasteiger partial charge < -0.3 is 5.73 Å².